The lowest BCUT2D eigenvalue weighted by Gasteiger charge is -2.21. The van der Waals surface area contributed by atoms with E-state index in [0.717, 1.165) is 0 Å². The Kier molecular flexibility index (Phi) is 3.99. The fraction of sp³-hybridized carbons (Fsp3) is 0.250. The van der Waals surface area contributed by atoms with Crippen molar-refractivity contribution in [2.45, 2.75) is 13.8 Å². The van der Waals surface area contributed by atoms with Crippen molar-refractivity contribution in [1.82, 2.24) is 0 Å². The molecule has 0 N–H and O–H groups in total. The average Bonchev–Trinajstić information content (AvgIpc) is 2.49. The molecule has 0 saturated heterocycles. The molecule has 0 heterocycles. The molecule has 1 atom stereocenters. The summed E-state index contributed by atoms with van der Waals surface area (Å²) in [5.74, 6) is -3.00. The highest BCUT2D eigenvalue weighted by molar-refractivity contribution is 6.28. The van der Waals surface area contributed by atoms with E-state index in [1.54, 1.807) is 31.2 Å². The van der Waals surface area contributed by atoms with Gasteiger partial charge < -0.3 is 4.74 Å². The molecule has 1 aliphatic carbocycles. The second-order valence-corrected chi connectivity index (χ2v) is 4.56. The van der Waals surface area contributed by atoms with Crippen LogP contribution in [0.25, 0.3) is 0 Å². The molecule has 0 fully saturated rings. The molecule has 0 bridgehead atoms. The number of rotatable bonds is 3. The van der Waals surface area contributed by atoms with Gasteiger partial charge in [0.05, 0.1) is 12.7 Å². The Hall–Kier alpha value is -2.74. The number of hydrogen-bond acceptors (Lipinski definition) is 5. The molecule has 1 unspecified atom stereocenters. The minimum Gasteiger partial charge on any atom is -0.465 e. The third kappa shape index (κ3) is 2.36. The Morgan fingerprint density at radius 3 is 2.33 bits per heavy atom. The first kappa shape index (κ1) is 14.7. The molecule has 0 saturated carbocycles. The zero-order valence-electron chi connectivity index (χ0n) is 11.7. The topological polar surface area (TPSA) is 84.2 Å². The van der Waals surface area contributed by atoms with Gasteiger partial charge in [-0.25, -0.2) is 0 Å². The van der Waals surface area contributed by atoms with Gasteiger partial charge in [0.15, 0.2) is 17.5 Å². The van der Waals surface area contributed by atoms with Crippen LogP contribution in [0.15, 0.2) is 35.4 Å². The van der Waals surface area contributed by atoms with E-state index in [9.17, 15) is 19.6 Å². The van der Waals surface area contributed by atoms with Gasteiger partial charge in [-0.2, -0.15) is 5.26 Å². The number of Topliss-reactive ketones (excluding diaryl/α,β-unsaturated/α-hetero) is 2. The van der Waals surface area contributed by atoms with E-state index in [-0.39, 0.29) is 29.1 Å². The van der Waals surface area contributed by atoms with Crippen molar-refractivity contribution in [3.05, 3.63) is 46.5 Å². The van der Waals surface area contributed by atoms with Crippen molar-refractivity contribution in [1.29, 1.82) is 5.26 Å². The van der Waals surface area contributed by atoms with Gasteiger partial charge in [-0.15, -0.1) is 0 Å². The highest BCUT2D eigenvalue weighted by atomic mass is 16.5. The number of ketones is 2. The zero-order valence-corrected chi connectivity index (χ0v) is 11.7. The highest BCUT2D eigenvalue weighted by Crippen LogP contribution is 2.30. The SMILES string of the molecule is CCOC(=O)C(C#N)C1=C(C)C(=O)c2ccccc2C1=O. The predicted molar refractivity (Wildman–Crippen MR) is 73.5 cm³/mol. The molecular formula is C16H13NO4. The number of ether oxygens (including phenoxy) is 1. The van der Waals surface area contributed by atoms with Crippen LogP contribution in [-0.2, 0) is 9.53 Å². The Balaban J connectivity index is 2.56. The van der Waals surface area contributed by atoms with Crippen LogP contribution in [0.3, 0.4) is 0 Å². The van der Waals surface area contributed by atoms with Gasteiger partial charge in [0.25, 0.3) is 0 Å². The maximum Gasteiger partial charge on any atom is 0.328 e. The third-order valence-electron chi connectivity index (χ3n) is 3.35. The first-order valence-corrected chi connectivity index (χ1v) is 6.48. The number of nitriles is 1. The number of benzene rings is 1. The molecular weight excluding hydrogens is 270 g/mol. The number of fused-ring (bicyclic) bond motifs is 1. The van der Waals surface area contributed by atoms with Gasteiger partial charge in [0.2, 0.25) is 0 Å². The summed E-state index contributed by atoms with van der Waals surface area (Å²) in [5, 5.41) is 9.20. The lowest BCUT2D eigenvalue weighted by molar-refractivity contribution is -0.144. The van der Waals surface area contributed by atoms with E-state index in [1.807, 2.05) is 0 Å². The minimum absolute atomic E-state index is 0.0837. The molecule has 1 aliphatic rings. The molecule has 5 heteroatoms. The van der Waals surface area contributed by atoms with Gasteiger partial charge in [0, 0.05) is 22.3 Å². The molecule has 0 aliphatic heterocycles. The van der Waals surface area contributed by atoms with Crippen molar-refractivity contribution in [3.63, 3.8) is 0 Å². The van der Waals surface area contributed by atoms with Crippen LogP contribution in [-0.4, -0.2) is 24.1 Å². The first-order chi connectivity index (χ1) is 10.0. The maximum absolute atomic E-state index is 12.5. The van der Waals surface area contributed by atoms with Crippen LogP contribution in [0, 0.1) is 17.2 Å². The summed E-state index contributed by atoms with van der Waals surface area (Å²) < 4.78 is 4.81. The van der Waals surface area contributed by atoms with E-state index >= 15 is 0 Å². The summed E-state index contributed by atoms with van der Waals surface area (Å²) >= 11 is 0. The summed E-state index contributed by atoms with van der Waals surface area (Å²) in [6.07, 6.45) is 0. The summed E-state index contributed by atoms with van der Waals surface area (Å²) in [4.78, 5) is 36.7. The normalized spacial score (nSPS) is 15.3. The standard InChI is InChI=1S/C16H13NO4/c1-3-21-16(20)12(8-17)13-9(2)14(18)10-6-4-5-7-11(10)15(13)19/h4-7,12H,3H2,1-2H3. The number of nitrogens with zero attached hydrogens (tertiary/aromatic N) is 1. The Bertz CT molecular complexity index is 709. The van der Waals surface area contributed by atoms with Crippen LogP contribution in [0.4, 0.5) is 0 Å². The number of allylic oxidation sites excluding steroid dienone is 1. The third-order valence-corrected chi connectivity index (χ3v) is 3.35. The number of esters is 1. The molecule has 5 nitrogen and oxygen atoms in total. The molecule has 0 amide bonds. The van der Waals surface area contributed by atoms with Crippen molar-refractivity contribution in [2.75, 3.05) is 6.61 Å². The summed E-state index contributed by atoms with van der Waals surface area (Å²) in [5.41, 5.74) is 0.551. The zero-order chi connectivity index (χ0) is 15.6. The van der Waals surface area contributed by atoms with Crippen LogP contribution < -0.4 is 0 Å². The number of carbonyl (C=O) groups is 3. The number of carbonyl (C=O) groups excluding carboxylic acids is 3. The molecule has 0 radical (unpaired) electrons. The summed E-state index contributed by atoms with van der Waals surface area (Å²) in [6, 6.07) is 8.13. The van der Waals surface area contributed by atoms with E-state index < -0.39 is 17.7 Å². The molecule has 2 rings (SSSR count). The molecule has 0 spiro atoms. The van der Waals surface area contributed by atoms with Crippen molar-refractivity contribution < 1.29 is 19.1 Å². The lowest BCUT2D eigenvalue weighted by Crippen LogP contribution is -2.29. The van der Waals surface area contributed by atoms with Crippen molar-refractivity contribution >= 4 is 17.5 Å². The van der Waals surface area contributed by atoms with E-state index in [4.69, 9.17) is 4.74 Å². The quantitative estimate of drug-likeness (QED) is 0.793. The largest absolute Gasteiger partial charge is 0.465 e. The van der Waals surface area contributed by atoms with Crippen LogP contribution in [0.5, 0.6) is 0 Å². The van der Waals surface area contributed by atoms with Crippen molar-refractivity contribution in [2.24, 2.45) is 5.92 Å². The molecule has 106 valence electrons. The smallest absolute Gasteiger partial charge is 0.328 e. The Morgan fingerprint density at radius 1 is 1.24 bits per heavy atom. The van der Waals surface area contributed by atoms with E-state index in [2.05, 4.69) is 0 Å². The van der Waals surface area contributed by atoms with Gasteiger partial charge >= 0.3 is 5.97 Å². The van der Waals surface area contributed by atoms with Crippen molar-refractivity contribution in [3.8, 4) is 6.07 Å². The Labute approximate surface area is 121 Å². The van der Waals surface area contributed by atoms with E-state index in [0.29, 0.717) is 5.56 Å². The lowest BCUT2D eigenvalue weighted by atomic mass is 9.79. The monoisotopic (exact) mass is 283 g/mol. The molecule has 1 aromatic rings. The average molecular weight is 283 g/mol. The fourth-order valence-corrected chi connectivity index (χ4v) is 2.33. The molecule has 21 heavy (non-hydrogen) atoms. The van der Waals surface area contributed by atoms with Gasteiger partial charge in [0.1, 0.15) is 0 Å². The van der Waals surface area contributed by atoms with Gasteiger partial charge in [-0.05, 0) is 13.8 Å². The minimum atomic E-state index is -1.38. The molecule has 1 aromatic carbocycles. The molecule has 0 aromatic heterocycles. The Morgan fingerprint density at radius 2 is 1.81 bits per heavy atom. The summed E-state index contributed by atoms with van der Waals surface area (Å²) in [7, 11) is 0. The van der Waals surface area contributed by atoms with E-state index in [1.165, 1.54) is 13.0 Å². The van der Waals surface area contributed by atoms with Crippen LogP contribution in [0.2, 0.25) is 0 Å². The maximum atomic E-state index is 12.5. The van der Waals surface area contributed by atoms with Crippen LogP contribution >= 0.6 is 0 Å². The predicted octanol–water partition coefficient (Wildman–Crippen LogP) is 2.08. The van der Waals surface area contributed by atoms with Crippen LogP contribution in [0.1, 0.15) is 34.6 Å². The first-order valence-electron chi connectivity index (χ1n) is 6.48. The summed E-state index contributed by atoms with van der Waals surface area (Å²) in [6.45, 7) is 3.16. The second kappa shape index (κ2) is 5.71. The second-order valence-electron chi connectivity index (χ2n) is 4.56. The number of hydrogen-bond donors (Lipinski definition) is 0. The fourth-order valence-electron chi connectivity index (χ4n) is 2.33. The highest BCUT2D eigenvalue weighted by Gasteiger charge is 2.37. The van der Waals surface area contributed by atoms with Gasteiger partial charge in [-0.3, -0.25) is 14.4 Å². The van der Waals surface area contributed by atoms with Gasteiger partial charge in [-0.1, -0.05) is 24.3 Å².